The Morgan fingerprint density at radius 2 is 2.15 bits per heavy atom. The SMILES string of the molecule is CCCC1NC(=O)C(CC)N(Cc2cc(C)on2)C1=O. The molecular formula is C14H21N3O3. The van der Waals surface area contributed by atoms with Crippen molar-refractivity contribution in [1.82, 2.24) is 15.4 Å². The third kappa shape index (κ3) is 2.84. The van der Waals surface area contributed by atoms with Gasteiger partial charge < -0.3 is 14.7 Å². The van der Waals surface area contributed by atoms with Crippen LogP contribution in [0.25, 0.3) is 0 Å². The third-order valence-electron chi connectivity index (χ3n) is 3.55. The predicted octanol–water partition coefficient (Wildman–Crippen LogP) is 1.39. The Hall–Kier alpha value is -1.85. The zero-order chi connectivity index (χ0) is 14.7. The molecule has 1 N–H and O–H groups in total. The molecule has 0 aliphatic carbocycles. The van der Waals surface area contributed by atoms with Gasteiger partial charge in [-0.15, -0.1) is 0 Å². The summed E-state index contributed by atoms with van der Waals surface area (Å²) in [5.41, 5.74) is 0.680. The van der Waals surface area contributed by atoms with Crippen molar-refractivity contribution in [3.63, 3.8) is 0 Å². The lowest BCUT2D eigenvalue weighted by Crippen LogP contribution is -2.62. The van der Waals surface area contributed by atoms with Gasteiger partial charge in [0.15, 0.2) is 0 Å². The second kappa shape index (κ2) is 6.07. The van der Waals surface area contributed by atoms with Gasteiger partial charge in [0.05, 0.1) is 6.54 Å². The summed E-state index contributed by atoms with van der Waals surface area (Å²) in [6, 6.07) is 0.956. The molecule has 0 saturated carbocycles. The maximum Gasteiger partial charge on any atom is 0.246 e. The number of carbonyl (C=O) groups excluding carboxylic acids is 2. The summed E-state index contributed by atoms with van der Waals surface area (Å²) >= 11 is 0. The number of rotatable bonds is 5. The fourth-order valence-electron chi connectivity index (χ4n) is 2.57. The lowest BCUT2D eigenvalue weighted by atomic mass is 10.0. The van der Waals surface area contributed by atoms with E-state index in [0.29, 0.717) is 30.8 Å². The van der Waals surface area contributed by atoms with Crippen molar-refractivity contribution in [2.75, 3.05) is 0 Å². The Labute approximate surface area is 118 Å². The van der Waals surface area contributed by atoms with Gasteiger partial charge in [-0.3, -0.25) is 9.59 Å². The number of aromatic nitrogens is 1. The first-order chi connectivity index (χ1) is 9.56. The van der Waals surface area contributed by atoms with Crippen LogP contribution in [0.15, 0.2) is 10.6 Å². The molecule has 1 saturated heterocycles. The second-order valence-electron chi connectivity index (χ2n) is 5.17. The molecule has 0 bridgehead atoms. The van der Waals surface area contributed by atoms with E-state index in [1.165, 1.54) is 0 Å². The molecule has 2 rings (SSSR count). The highest BCUT2D eigenvalue weighted by atomic mass is 16.5. The molecule has 6 heteroatoms. The second-order valence-corrected chi connectivity index (χ2v) is 5.17. The largest absolute Gasteiger partial charge is 0.361 e. The Kier molecular flexibility index (Phi) is 4.42. The van der Waals surface area contributed by atoms with Gasteiger partial charge in [0, 0.05) is 6.07 Å². The average Bonchev–Trinajstić information content (AvgIpc) is 2.81. The molecule has 0 spiro atoms. The lowest BCUT2D eigenvalue weighted by molar-refractivity contribution is -0.150. The minimum atomic E-state index is -0.424. The molecule has 1 aliphatic heterocycles. The molecule has 1 fully saturated rings. The Morgan fingerprint density at radius 3 is 2.70 bits per heavy atom. The highest BCUT2D eigenvalue weighted by molar-refractivity contribution is 5.96. The van der Waals surface area contributed by atoms with Crippen molar-refractivity contribution >= 4 is 11.8 Å². The molecule has 6 nitrogen and oxygen atoms in total. The van der Waals surface area contributed by atoms with Gasteiger partial charge in [0.25, 0.3) is 0 Å². The number of nitrogens with zero attached hydrogens (tertiary/aromatic N) is 2. The van der Waals surface area contributed by atoms with Gasteiger partial charge in [-0.25, -0.2) is 0 Å². The molecule has 1 aromatic rings. The number of aryl methyl sites for hydroxylation is 1. The van der Waals surface area contributed by atoms with E-state index in [-0.39, 0.29) is 11.8 Å². The fraction of sp³-hybridized carbons (Fsp3) is 0.643. The van der Waals surface area contributed by atoms with Gasteiger partial charge in [-0.05, 0) is 19.8 Å². The molecule has 1 aliphatic rings. The summed E-state index contributed by atoms with van der Waals surface area (Å²) in [7, 11) is 0. The van der Waals surface area contributed by atoms with Gasteiger partial charge in [-0.2, -0.15) is 0 Å². The maximum atomic E-state index is 12.5. The Bertz CT molecular complexity index is 498. The quantitative estimate of drug-likeness (QED) is 0.883. The molecule has 1 aromatic heterocycles. The van der Waals surface area contributed by atoms with Crippen LogP contribution in [0, 0.1) is 6.92 Å². The highest BCUT2D eigenvalue weighted by Gasteiger charge is 2.39. The highest BCUT2D eigenvalue weighted by Crippen LogP contribution is 2.19. The summed E-state index contributed by atoms with van der Waals surface area (Å²) in [5, 5.41) is 6.72. The van der Waals surface area contributed by atoms with E-state index in [1.807, 2.05) is 13.8 Å². The van der Waals surface area contributed by atoms with Crippen molar-refractivity contribution in [3.05, 3.63) is 17.5 Å². The lowest BCUT2D eigenvalue weighted by Gasteiger charge is -2.38. The zero-order valence-electron chi connectivity index (χ0n) is 12.2. The summed E-state index contributed by atoms with van der Waals surface area (Å²) < 4.78 is 5.02. The number of hydrogen-bond acceptors (Lipinski definition) is 4. The first kappa shape index (κ1) is 14.6. The summed E-state index contributed by atoms with van der Waals surface area (Å²) in [6.07, 6.45) is 2.10. The average molecular weight is 279 g/mol. The maximum absolute atomic E-state index is 12.5. The van der Waals surface area contributed by atoms with Gasteiger partial charge in [0.2, 0.25) is 11.8 Å². The fourth-order valence-corrected chi connectivity index (χ4v) is 2.57. The number of nitrogens with one attached hydrogen (secondary N) is 1. The van der Waals surface area contributed by atoms with Crippen LogP contribution in [0.4, 0.5) is 0 Å². The van der Waals surface area contributed by atoms with Crippen molar-refractivity contribution in [3.8, 4) is 0 Å². The normalized spacial score (nSPS) is 23.1. The van der Waals surface area contributed by atoms with Crippen molar-refractivity contribution in [2.45, 2.75) is 58.7 Å². The van der Waals surface area contributed by atoms with E-state index < -0.39 is 12.1 Å². The molecule has 2 atom stereocenters. The summed E-state index contributed by atoms with van der Waals surface area (Å²) in [5.74, 6) is 0.594. The van der Waals surface area contributed by atoms with Gasteiger partial charge in [0.1, 0.15) is 23.5 Å². The molecule has 110 valence electrons. The molecule has 20 heavy (non-hydrogen) atoms. The van der Waals surface area contributed by atoms with Crippen molar-refractivity contribution in [1.29, 1.82) is 0 Å². The number of hydrogen-bond donors (Lipinski definition) is 1. The number of carbonyl (C=O) groups is 2. The van der Waals surface area contributed by atoms with Gasteiger partial charge >= 0.3 is 0 Å². The van der Waals surface area contributed by atoms with Crippen LogP contribution in [0.5, 0.6) is 0 Å². The predicted molar refractivity (Wildman–Crippen MR) is 72.7 cm³/mol. The topological polar surface area (TPSA) is 75.4 Å². The molecular weight excluding hydrogens is 258 g/mol. The number of amides is 2. The number of piperazine rings is 1. The van der Waals surface area contributed by atoms with E-state index in [2.05, 4.69) is 10.5 Å². The summed E-state index contributed by atoms with van der Waals surface area (Å²) in [6.45, 7) is 6.02. The molecule has 2 unspecified atom stereocenters. The van der Waals surface area contributed by atoms with Crippen LogP contribution in [0.1, 0.15) is 44.6 Å². The third-order valence-corrected chi connectivity index (χ3v) is 3.55. The minimum Gasteiger partial charge on any atom is -0.361 e. The van der Waals surface area contributed by atoms with E-state index in [0.717, 1.165) is 6.42 Å². The van der Waals surface area contributed by atoms with E-state index in [1.54, 1.807) is 17.9 Å². The van der Waals surface area contributed by atoms with Crippen LogP contribution < -0.4 is 5.32 Å². The smallest absolute Gasteiger partial charge is 0.246 e. The van der Waals surface area contributed by atoms with E-state index >= 15 is 0 Å². The molecule has 2 heterocycles. The zero-order valence-corrected chi connectivity index (χ0v) is 12.2. The van der Waals surface area contributed by atoms with E-state index in [9.17, 15) is 9.59 Å². The minimum absolute atomic E-state index is 0.0287. The van der Waals surface area contributed by atoms with Gasteiger partial charge in [-0.1, -0.05) is 25.4 Å². The monoisotopic (exact) mass is 279 g/mol. The van der Waals surface area contributed by atoms with Crippen molar-refractivity contribution < 1.29 is 14.1 Å². The van der Waals surface area contributed by atoms with Crippen LogP contribution >= 0.6 is 0 Å². The molecule has 2 amide bonds. The first-order valence-electron chi connectivity index (χ1n) is 7.09. The Morgan fingerprint density at radius 1 is 1.40 bits per heavy atom. The Balaban J connectivity index is 2.19. The van der Waals surface area contributed by atoms with E-state index in [4.69, 9.17) is 4.52 Å². The summed E-state index contributed by atoms with van der Waals surface area (Å²) in [4.78, 5) is 26.2. The molecule has 0 radical (unpaired) electrons. The van der Waals surface area contributed by atoms with Crippen molar-refractivity contribution in [2.24, 2.45) is 0 Å². The van der Waals surface area contributed by atoms with Crippen LogP contribution in [0.2, 0.25) is 0 Å². The standard InChI is InChI=1S/C14H21N3O3/c1-4-6-11-14(19)17(12(5-2)13(18)15-11)8-10-7-9(3)20-16-10/h7,11-12H,4-6,8H2,1-3H3,(H,15,18). The van der Waals surface area contributed by atoms with Crippen LogP contribution in [-0.4, -0.2) is 34.0 Å². The van der Waals surface area contributed by atoms with Crippen LogP contribution in [-0.2, 0) is 16.1 Å². The molecule has 0 aromatic carbocycles. The first-order valence-corrected chi connectivity index (χ1v) is 7.09. The van der Waals surface area contributed by atoms with Crippen LogP contribution in [0.3, 0.4) is 0 Å².